The van der Waals surface area contributed by atoms with Crippen molar-refractivity contribution in [3.63, 3.8) is 0 Å². The molecule has 1 aliphatic rings. The molecule has 1 heterocycles. The summed E-state index contributed by atoms with van der Waals surface area (Å²) < 4.78 is 33.5. The van der Waals surface area contributed by atoms with Gasteiger partial charge >= 0.3 is 5.97 Å². The number of carbonyl (C=O) groups excluding carboxylic acids is 2. The van der Waals surface area contributed by atoms with E-state index in [9.17, 15) is 18.0 Å². The Labute approximate surface area is 165 Å². The van der Waals surface area contributed by atoms with Crippen LogP contribution in [-0.2, 0) is 41.2 Å². The predicted molar refractivity (Wildman–Crippen MR) is 102 cm³/mol. The quantitative estimate of drug-likeness (QED) is 0.577. The van der Waals surface area contributed by atoms with Crippen LogP contribution >= 0.6 is 12.4 Å². The van der Waals surface area contributed by atoms with Crippen LogP contribution in [0, 0.1) is 0 Å². The number of esters is 1. The van der Waals surface area contributed by atoms with Crippen LogP contribution < -0.4 is 10.6 Å². The second-order valence-corrected chi connectivity index (χ2v) is 8.20. The van der Waals surface area contributed by atoms with Crippen LogP contribution in [0.5, 0.6) is 0 Å². The molecule has 1 aromatic rings. The minimum atomic E-state index is -3.56. The summed E-state index contributed by atoms with van der Waals surface area (Å²) in [6.45, 7) is 2.31. The van der Waals surface area contributed by atoms with E-state index in [-0.39, 0.29) is 30.1 Å². The summed E-state index contributed by atoms with van der Waals surface area (Å²) in [7, 11) is -2.41. The molecule has 1 unspecified atom stereocenters. The molecule has 0 spiro atoms. The molecule has 1 saturated heterocycles. The third-order valence-electron chi connectivity index (χ3n) is 3.89. The topological polar surface area (TPSA) is 111 Å². The number of amides is 1. The fraction of sp³-hybridized carbons (Fsp3) is 0.529. The molecular weight excluding hydrogens is 396 g/mol. The van der Waals surface area contributed by atoms with Gasteiger partial charge in [0.15, 0.2) is 9.84 Å². The number of hydrogen-bond acceptors (Lipinski definition) is 7. The summed E-state index contributed by atoms with van der Waals surface area (Å²) >= 11 is 0. The van der Waals surface area contributed by atoms with Gasteiger partial charge in [0.25, 0.3) is 0 Å². The number of halogens is 1. The van der Waals surface area contributed by atoms with Crippen molar-refractivity contribution in [1.29, 1.82) is 0 Å². The fourth-order valence-corrected chi connectivity index (χ4v) is 3.82. The molecule has 1 atom stereocenters. The van der Waals surface area contributed by atoms with E-state index in [1.165, 1.54) is 0 Å². The summed E-state index contributed by atoms with van der Waals surface area (Å²) in [4.78, 5) is 23.1. The Morgan fingerprint density at radius 2 is 1.93 bits per heavy atom. The molecule has 10 heteroatoms. The van der Waals surface area contributed by atoms with Crippen molar-refractivity contribution in [2.24, 2.45) is 0 Å². The van der Waals surface area contributed by atoms with Gasteiger partial charge in [0.2, 0.25) is 5.91 Å². The van der Waals surface area contributed by atoms with Crippen molar-refractivity contribution in [3.05, 3.63) is 35.4 Å². The Bertz CT molecular complexity index is 717. The molecular formula is C17H25ClN2O6S. The number of nitrogens with one attached hydrogen (secondary N) is 2. The Morgan fingerprint density at radius 1 is 1.26 bits per heavy atom. The van der Waals surface area contributed by atoms with E-state index in [1.54, 1.807) is 24.3 Å². The number of benzene rings is 1. The zero-order valence-corrected chi connectivity index (χ0v) is 16.7. The van der Waals surface area contributed by atoms with Gasteiger partial charge in [-0.1, -0.05) is 24.3 Å². The second-order valence-electron chi connectivity index (χ2n) is 6.13. The van der Waals surface area contributed by atoms with E-state index in [1.807, 2.05) is 0 Å². The molecule has 0 saturated carbocycles. The maximum atomic E-state index is 11.9. The lowest BCUT2D eigenvalue weighted by Crippen LogP contribution is -2.44. The van der Waals surface area contributed by atoms with Crippen molar-refractivity contribution >= 4 is 34.1 Å². The Hall–Kier alpha value is -1.68. The van der Waals surface area contributed by atoms with Gasteiger partial charge in [-0.25, -0.2) is 8.42 Å². The van der Waals surface area contributed by atoms with Crippen molar-refractivity contribution in [3.8, 4) is 0 Å². The number of ether oxygens (including phenoxy) is 2. The van der Waals surface area contributed by atoms with Crippen LogP contribution in [0.1, 0.15) is 17.5 Å². The molecule has 152 valence electrons. The predicted octanol–water partition coefficient (Wildman–Crippen LogP) is 0.191. The average Bonchev–Trinajstić information content (AvgIpc) is 2.61. The highest BCUT2D eigenvalue weighted by Gasteiger charge is 2.18. The maximum Gasteiger partial charge on any atom is 0.320 e. The summed E-state index contributed by atoms with van der Waals surface area (Å²) in [5.74, 6) is -1.72. The molecule has 1 fully saturated rings. The smallest absolute Gasteiger partial charge is 0.320 e. The normalized spacial score (nSPS) is 16.9. The zero-order valence-electron chi connectivity index (χ0n) is 15.1. The molecule has 1 amide bonds. The molecule has 0 radical (unpaired) electrons. The SMILES string of the molecule is COC(=O)CS(=O)(=O)Cc1ccc(CNC(=O)CC2COCCN2)cc1.Cl. The van der Waals surface area contributed by atoms with E-state index in [0.717, 1.165) is 19.2 Å². The molecule has 27 heavy (non-hydrogen) atoms. The van der Waals surface area contributed by atoms with Gasteiger partial charge in [-0.15, -0.1) is 12.4 Å². The van der Waals surface area contributed by atoms with E-state index in [0.29, 0.717) is 31.7 Å². The average molecular weight is 421 g/mol. The monoisotopic (exact) mass is 420 g/mol. The first-order chi connectivity index (χ1) is 12.4. The molecule has 1 aliphatic heterocycles. The highest BCUT2D eigenvalue weighted by atomic mass is 35.5. The summed E-state index contributed by atoms with van der Waals surface area (Å²) in [6, 6.07) is 6.89. The van der Waals surface area contributed by atoms with E-state index in [4.69, 9.17) is 4.74 Å². The Morgan fingerprint density at radius 3 is 2.52 bits per heavy atom. The number of rotatable bonds is 8. The lowest BCUT2D eigenvalue weighted by Gasteiger charge is -2.23. The van der Waals surface area contributed by atoms with Crippen LogP contribution in [0.2, 0.25) is 0 Å². The first kappa shape index (κ1) is 23.4. The van der Waals surface area contributed by atoms with Crippen molar-refractivity contribution in [2.45, 2.75) is 24.8 Å². The van der Waals surface area contributed by atoms with Gasteiger partial charge in [0.05, 0.1) is 26.1 Å². The molecule has 2 N–H and O–H groups in total. The maximum absolute atomic E-state index is 11.9. The van der Waals surface area contributed by atoms with Crippen LogP contribution in [0.3, 0.4) is 0 Å². The van der Waals surface area contributed by atoms with Crippen molar-refractivity contribution in [1.82, 2.24) is 10.6 Å². The van der Waals surface area contributed by atoms with Gasteiger partial charge in [-0.3, -0.25) is 9.59 Å². The second kappa shape index (κ2) is 11.2. The molecule has 0 aliphatic carbocycles. The van der Waals surface area contributed by atoms with Crippen molar-refractivity contribution < 1.29 is 27.5 Å². The fourth-order valence-electron chi connectivity index (χ4n) is 2.54. The van der Waals surface area contributed by atoms with Gasteiger partial charge in [-0.2, -0.15) is 0 Å². The third kappa shape index (κ3) is 8.70. The number of hydrogen-bond donors (Lipinski definition) is 2. The van der Waals surface area contributed by atoms with E-state index < -0.39 is 21.6 Å². The lowest BCUT2D eigenvalue weighted by molar-refractivity contribution is -0.137. The summed E-state index contributed by atoms with van der Waals surface area (Å²) in [6.07, 6.45) is 0.351. The highest BCUT2D eigenvalue weighted by molar-refractivity contribution is 7.91. The highest BCUT2D eigenvalue weighted by Crippen LogP contribution is 2.10. The van der Waals surface area contributed by atoms with Crippen LogP contribution in [0.4, 0.5) is 0 Å². The molecule has 0 aromatic heterocycles. The lowest BCUT2D eigenvalue weighted by atomic mass is 10.1. The molecule has 8 nitrogen and oxygen atoms in total. The molecule has 2 rings (SSSR count). The first-order valence-electron chi connectivity index (χ1n) is 8.31. The largest absolute Gasteiger partial charge is 0.468 e. The van der Waals surface area contributed by atoms with Crippen LogP contribution in [0.25, 0.3) is 0 Å². The number of carbonyl (C=O) groups is 2. The number of methoxy groups -OCH3 is 1. The summed E-state index contributed by atoms with van der Waals surface area (Å²) in [5, 5.41) is 6.05. The standard InChI is InChI=1S/C17H24N2O6S.ClH/c1-24-17(21)12-26(22,23)11-14-4-2-13(3-5-14)9-19-16(20)8-15-10-25-7-6-18-15;/h2-5,15,18H,6-12H2,1H3,(H,19,20);1H. The third-order valence-corrected chi connectivity index (χ3v) is 5.34. The van der Waals surface area contributed by atoms with E-state index in [2.05, 4.69) is 15.4 Å². The van der Waals surface area contributed by atoms with Gasteiger partial charge in [-0.05, 0) is 11.1 Å². The van der Waals surface area contributed by atoms with Gasteiger partial charge in [0, 0.05) is 25.6 Å². The Kier molecular flexibility index (Phi) is 9.71. The number of sulfone groups is 1. The molecule has 0 bridgehead atoms. The molecule has 1 aromatic carbocycles. The van der Waals surface area contributed by atoms with Crippen LogP contribution in [-0.4, -0.2) is 59.0 Å². The Balaban J connectivity index is 0.00000364. The zero-order chi connectivity index (χ0) is 19.0. The van der Waals surface area contributed by atoms with E-state index >= 15 is 0 Å². The minimum absolute atomic E-state index is 0. The minimum Gasteiger partial charge on any atom is -0.468 e. The van der Waals surface area contributed by atoms with Gasteiger partial charge in [0.1, 0.15) is 5.75 Å². The first-order valence-corrected chi connectivity index (χ1v) is 10.1. The number of morpholine rings is 1. The van der Waals surface area contributed by atoms with Crippen molar-refractivity contribution in [2.75, 3.05) is 32.6 Å². The van der Waals surface area contributed by atoms with Crippen LogP contribution in [0.15, 0.2) is 24.3 Å². The van der Waals surface area contributed by atoms with Gasteiger partial charge < -0.3 is 20.1 Å². The summed E-state index contributed by atoms with van der Waals surface area (Å²) in [5.41, 5.74) is 1.44.